The first-order chi connectivity index (χ1) is 8.27. The lowest BCUT2D eigenvalue weighted by Crippen LogP contribution is -2.34. The van der Waals surface area contributed by atoms with Crippen molar-refractivity contribution in [3.63, 3.8) is 0 Å². The highest BCUT2D eigenvalue weighted by atomic mass is 17.3. The summed E-state index contributed by atoms with van der Waals surface area (Å²) >= 11 is 0. The van der Waals surface area contributed by atoms with E-state index in [1.54, 1.807) is 0 Å². The summed E-state index contributed by atoms with van der Waals surface area (Å²) in [5.74, 6) is 0.577. The van der Waals surface area contributed by atoms with Crippen molar-refractivity contribution in [1.82, 2.24) is 0 Å². The molecule has 92 valence electrons. The molecule has 0 aliphatic carbocycles. The van der Waals surface area contributed by atoms with E-state index < -0.39 is 6.29 Å². The fourth-order valence-electron chi connectivity index (χ4n) is 2.52. The van der Waals surface area contributed by atoms with Gasteiger partial charge in [0.05, 0.1) is 0 Å². The monoisotopic (exact) mass is 236 g/mol. The Morgan fingerprint density at radius 1 is 1.18 bits per heavy atom. The highest BCUT2D eigenvalue weighted by Gasteiger charge is 2.40. The zero-order valence-corrected chi connectivity index (χ0v) is 9.96. The Morgan fingerprint density at radius 2 is 1.94 bits per heavy atom. The highest BCUT2D eigenvalue weighted by molar-refractivity contribution is 5.34. The molecule has 0 N–H and O–H groups in total. The Hall–Kier alpha value is -0.940. The van der Waals surface area contributed by atoms with Gasteiger partial charge in [-0.05, 0) is 11.5 Å². The summed E-state index contributed by atoms with van der Waals surface area (Å²) in [4.78, 5) is 10.2. The number of ether oxygens (including phenoxy) is 2. The molecule has 2 aliphatic rings. The van der Waals surface area contributed by atoms with Crippen LogP contribution in [0.4, 0.5) is 0 Å². The predicted molar refractivity (Wildman–Crippen MR) is 59.8 cm³/mol. The molecule has 0 amide bonds. The lowest BCUT2D eigenvalue weighted by Gasteiger charge is -2.36. The predicted octanol–water partition coefficient (Wildman–Crippen LogP) is 2.72. The third-order valence-electron chi connectivity index (χ3n) is 3.31. The molecule has 1 saturated heterocycles. The van der Waals surface area contributed by atoms with Gasteiger partial charge < -0.3 is 9.47 Å². The van der Waals surface area contributed by atoms with Crippen LogP contribution in [0.15, 0.2) is 24.3 Å². The Balaban J connectivity index is 2.07. The molecule has 0 spiro atoms. The molecule has 0 saturated carbocycles. The van der Waals surface area contributed by atoms with Crippen LogP contribution in [0.1, 0.15) is 37.2 Å². The van der Waals surface area contributed by atoms with Gasteiger partial charge in [-0.15, -0.1) is 0 Å². The third kappa shape index (κ3) is 1.87. The second kappa shape index (κ2) is 4.38. The van der Waals surface area contributed by atoms with Crippen LogP contribution in [0.25, 0.3) is 0 Å². The molecule has 0 aromatic heterocycles. The summed E-state index contributed by atoms with van der Waals surface area (Å²) in [6, 6.07) is 8.18. The van der Waals surface area contributed by atoms with Crippen molar-refractivity contribution >= 4 is 0 Å². The number of benzene rings is 1. The summed E-state index contributed by atoms with van der Waals surface area (Å²) in [5.41, 5.74) is 2.31. The lowest BCUT2D eigenvalue weighted by atomic mass is 9.83. The van der Waals surface area contributed by atoms with Gasteiger partial charge in [0.25, 0.3) is 0 Å². The first-order valence-corrected chi connectivity index (χ1v) is 5.91. The molecular formula is C13H16O4. The van der Waals surface area contributed by atoms with Crippen LogP contribution in [-0.2, 0) is 19.2 Å². The van der Waals surface area contributed by atoms with Crippen molar-refractivity contribution in [1.29, 1.82) is 0 Å². The van der Waals surface area contributed by atoms with Crippen LogP contribution in [-0.4, -0.2) is 13.1 Å². The highest BCUT2D eigenvalue weighted by Crippen LogP contribution is 2.43. The summed E-state index contributed by atoms with van der Waals surface area (Å²) in [6.45, 7) is 4.40. The quantitative estimate of drug-likeness (QED) is 0.702. The molecule has 3 atom stereocenters. The van der Waals surface area contributed by atoms with Gasteiger partial charge in [-0.1, -0.05) is 38.1 Å². The first kappa shape index (κ1) is 11.2. The molecule has 1 aromatic carbocycles. The van der Waals surface area contributed by atoms with Crippen molar-refractivity contribution in [2.75, 3.05) is 6.79 Å². The second-order valence-electron chi connectivity index (χ2n) is 4.73. The standard InChI is InChI=1S/C13H16O4/c1-8(2)11-9-5-3-4-6-10(9)12-14-7-15-17-13(11)16-12/h3-6,8,11-13H,7H2,1-2H3/t11-,12+,13+/m0/s1. The first-order valence-electron chi connectivity index (χ1n) is 5.91. The van der Waals surface area contributed by atoms with E-state index in [-0.39, 0.29) is 19.0 Å². The van der Waals surface area contributed by atoms with Gasteiger partial charge >= 0.3 is 0 Å². The van der Waals surface area contributed by atoms with Gasteiger partial charge in [0, 0.05) is 11.5 Å². The zero-order chi connectivity index (χ0) is 11.8. The molecule has 2 bridgehead atoms. The maximum absolute atomic E-state index is 5.78. The maximum atomic E-state index is 5.78. The molecule has 3 rings (SSSR count). The Bertz CT molecular complexity index is 404. The minimum atomic E-state index is -0.391. The molecule has 0 radical (unpaired) electrons. The molecule has 2 aliphatic heterocycles. The van der Waals surface area contributed by atoms with Crippen LogP contribution >= 0.6 is 0 Å². The minimum absolute atomic E-state index is 0.0975. The van der Waals surface area contributed by atoms with E-state index in [4.69, 9.17) is 19.2 Å². The van der Waals surface area contributed by atoms with E-state index in [2.05, 4.69) is 19.9 Å². The number of hydrogen-bond donors (Lipinski definition) is 0. The Morgan fingerprint density at radius 3 is 2.71 bits per heavy atom. The third-order valence-corrected chi connectivity index (χ3v) is 3.31. The molecule has 17 heavy (non-hydrogen) atoms. The van der Waals surface area contributed by atoms with Gasteiger partial charge in [-0.25, -0.2) is 9.78 Å². The number of rotatable bonds is 1. The smallest absolute Gasteiger partial charge is 0.201 e. The van der Waals surface area contributed by atoms with Crippen LogP contribution < -0.4 is 0 Å². The van der Waals surface area contributed by atoms with Crippen molar-refractivity contribution in [3.8, 4) is 0 Å². The molecule has 4 heteroatoms. The number of fused-ring (bicyclic) bond motifs is 4. The van der Waals surface area contributed by atoms with Crippen molar-refractivity contribution in [2.45, 2.75) is 32.3 Å². The van der Waals surface area contributed by atoms with Crippen LogP contribution in [0, 0.1) is 5.92 Å². The van der Waals surface area contributed by atoms with E-state index in [0.29, 0.717) is 5.92 Å². The minimum Gasteiger partial charge on any atom is -0.319 e. The summed E-state index contributed by atoms with van der Waals surface area (Å²) in [7, 11) is 0. The van der Waals surface area contributed by atoms with Crippen molar-refractivity contribution in [2.24, 2.45) is 5.92 Å². The summed E-state index contributed by atoms with van der Waals surface area (Å²) in [6.07, 6.45) is -0.772. The van der Waals surface area contributed by atoms with Crippen molar-refractivity contribution in [3.05, 3.63) is 35.4 Å². The molecule has 4 nitrogen and oxygen atoms in total. The topological polar surface area (TPSA) is 36.9 Å². The van der Waals surface area contributed by atoms with Crippen LogP contribution in [0.2, 0.25) is 0 Å². The van der Waals surface area contributed by atoms with Crippen LogP contribution in [0.3, 0.4) is 0 Å². The van der Waals surface area contributed by atoms with Gasteiger partial charge in [-0.2, -0.15) is 0 Å². The fraction of sp³-hybridized carbons (Fsp3) is 0.538. The van der Waals surface area contributed by atoms with E-state index in [1.165, 1.54) is 5.56 Å². The largest absolute Gasteiger partial charge is 0.319 e. The average Bonchev–Trinajstić information content (AvgIpc) is 2.53. The van der Waals surface area contributed by atoms with Crippen LogP contribution in [0.5, 0.6) is 0 Å². The van der Waals surface area contributed by atoms with E-state index in [9.17, 15) is 0 Å². The lowest BCUT2D eigenvalue weighted by molar-refractivity contribution is -0.379. The van der Waals surface area contributed by atoms with E-state index in [1.807, 2.05) is 18.2 Å². The molecule has 2 heterocycles. The maximum Gasteiger partial charge on any atom is 0.201 e. The SMILES string of the molecule is CC(C)[C@H]1c2ccccc2[C@@H]2OCOO[C@H]1O2. The zero-order valence-electron chi connectivity index (χ0n) is 9.96. The normalized spacial score (nSPS) is 32.1. The second-order valence-corrected chi connectivity index (χ2v) is 4.73. The van der Waals surface area contributed by atoms with E-state index in [0.717, 1.165) is 5.56 Å². The molecular weight excluding hydrogens is 220 g/mol. The van der Waals surface area contributed by atoms with Gasteiger partial charge in [0.15, 0.2) is 13.1 Å². The van der Waals surface area contributed by atoms with Gasteiger partial charge in [0.1, 0.15) is 0 Å². The fourth-order valence-corrected chi connectivity index (χ4v) is 2.52. The van der Waals surface area contributed by atoms with E-state index >= 15 is 0 Å². The van der Waals surface area contributed by atoms with Crippen molar-refractivity contribution < 1.29 is 19.2 Å². The molecule has 1 fully saturated rings. The molecule has 0 unspecified atom stereocenters. The summed E-state index contributed by atoms with van der Waals surface area (Å²) in [5, 5.41) is 0. The van der Waals surface area contributed by atoms with Gasteiger partial charge in [0.2, 0.25) is 6.29 Å². The van der Waals surface area contributed by atoms with Gasteiger partial charge in [-0.3, -0.25) is 0 Å². The average molecular weight is 236 g/mol. The Labute approximate surface area is 100 Å². The Kier molecular flexibility index (Phi) is 2.88. The summed E-state index contributed by atoms with van der Waals surface area (Å²) < 4.78 is 11.2. The molecule has 1 aromatic rings. The number of hydrogen-bond acceptors (Lipinski definition) is 4.